The highest BCUT2D eigenvalue weighted by Crippen LogP contribution is 2.34. The number of hydrogen-bond donors (Lipinski definition) is 2. The third-order valence-electron chi connectivity index (χ3n) is 5.70. The molecule has 8 nitrogen and oxygen atoms in total. The van der Waals surface area contributed by atoms with E-state index in [1.54, 1.807) is 18.2 Å². The van der Waals surface area contributed by atoms with Gasteiger partial charge >= 0.3 is 11.8 Å². The van der Waals surface area contributed by atoms with Gasteiger partial charge in [-0.25, -0.2) is 0 Å². The van der Waals surface area contributed by atoms with E-state index in [9.17, 15) is 9.59 Å². The minimum atomic E-state index is -0.699. The second kappa shape index (κ2) is 9.21. The molecule has 160 valence electrons. The van der Waals surface area contributed by atoms with Gasteiger partial charge in [-0.3, -0.25) is 14.5 Å². The van der Waals surface area contributed by atoms with Crippen LogP contribution in [0.3, 0.4) is 0 Å². The molecule has 3 heterocycles. The third kappa shape index (κ3) is 4.59. The second-order valence-electron chi connectivity index (χ2n) is 7.74. The smallest absolute Gasteiger partial charge is 0.313 e. The van der Waals surface area contributed by atoms with Gasteiger partial charge < -0.3 is 24.7 Å². The Hall–Kier alpha value is -3.00. The van der Waals surface area contributed by atoms with E-state index in [2.05, 4.69) is 26.2 Å². The van der Waals surface area contributed by atoms with Gasteiger partial charge in [-0.2, -0.15) is 0 Å². The lowest BCUT2D eigenvalue weighted by atomic mass is 10.1. The molecule has 0 radical (unpaired) electrons. The van der Waals surface area contributed by atoms with E-state index in [0.717, 1.165) is 31.6 Å². The minimum absolute atomic E-state index is 0.0328. The minimum Gasteiger partial charge on any atom is -0.454 e. The number of rotatable bonds is 5. The predicted octanol–water partition coefficient (Wildman–Crippen LogP) is 2.43. The quantitative estimate of drug-likeness (QED) is 0.737. The maximum atomic E-state index is 12.5. The van der Waals surface area contributed by atoms with Crippen molar-refractivity contribution < 1.29 is 19.1 Å². The van der Waals surface area contributed by atoms with E-state index in [4.69, 9.17) is 9.47 Å². The summed E-state index contributed by atoms with van der Waals surface area (Å²) < 4.78 is 12.6. The number of anilines is 1. The van der Waals surface area contributed by atoms with Crippen molar-refractivity contribution in [2.75, 3.05) is 31.7 Å². The normalized spacial score (nSPS) is 17.2. The molecule has 2 aromatic rings. The first-order valence-corrected chi connectivity index (χ1v) is 10.5. The molecule has 1 aromatic carbocycles. The van der Waals surface area contributed by atoms with Gasteiger partial charge in [-0.05, 0) is 50.2 Å². The fourth-order valence-electron chi connectivity index (χ4n) is 4.08. The summed E-state index contributed by atoms with van der Waals surface area (Å²) in [6.07, 6.45) is 6.79. The summed E-state index contributed by atoms with van der Waals surface area (Å²) in [6, 6.07) is 9.16. The SMILES string of the molecule is Cn1cccc1[C@@H](CNC(=O)C(=O)Nc1ccc2c(c1)OCO2)N1CCCCCC1. The van der Waals surface area contributed by atoms with E-state index < -0.39 is 11.8 Å². The van der Waals surface area contributed by atoms with Crippen molar-refractivity contribution in [1.82, 2.24) is 14.8 Å². The molecule has 1 saturated heterocycles. The van der Waals surface area contributed by atoms with Gasteiger partial charge in [0.2, 0.25) is 6.79 Å². The van der Waals surface area contributed by atoms with Gasteiger partial charge in [-0.15, -0.1) is 0 Å². The van der Waals surface area contributed by atoms with E-state index in [1.165, 1.54) is 12.8 Å². The topological polar surface area (TPSA) is 84.8 Å². The summed E-state index contributed by atoms with van der Waals surface area (Å²) in [5.41, 5.74) is 1.62. The summed E-state index contributed by atoms with van der Waals surface area (Å²) >= 11 is 0. The van der Waals surface area contributed by atoms with E-state index >= 15 is 0 Å². The molecule has 0 unspecified atom stereocenters. The second-order valence-corrected chi connectivity index (χ2v) is 7.74. The van der Waals surface area contributed by atoms with Crippen LogP contribution in [0.25, 0.3) is 0 Å². The van der Waals surface area contributed by atoms with Crippen molar-refractivity contribution in [3.63, 3.8) is 0 Å². The van der Waals surface area contributed by atoms with Crippen LogP contribution in [0.1, 0.15) is 37.4 Å². The molecule has 30 heavy (non-hydrogen) atoms. The Morgan fingerprint density at radius 3 is 2.53 bits per heavy atom. The lowest BCUT2D eigenvalue weighted by Crippen LogP contribution is -2.42. The standard InChI is InChI=1S/C22H28N4O4/c1-25-10-6-7-17(25)18(26-11-4-2-3-5-12-26)14-23-21(27)22(28)24-16-8-9-19-20(13-16)30-15-29-19/h6-10,13,18H,2-5,11-12,14-15H2,1H3,(H,23,27)(H,24,28)/t18-/m1/s1. The number of aryl methyl sites for hydroxylation is 1. The zero-order valence-corrected chi connectivity index (χ0v) is 17.2. The zero-order chi connectivity index (χ0) is 20.9. The molecule has 2 amide bonds. The van der Waals surface area contributed by atoms with Crippen LogP contribution in [0.5, 0.6) is 11.5 Å². The van der Waals surface area contributed by atoms with Crippen molar-refractivity contribution >= 4 is 17.5 Å². The van der Waals surface area contributed by atoms with Gasteiger partial charge in [0.15, 0.2) is 11.5 Å². The summed E-state index contributed by atoms with van der Waals surface area (Å²) in [4.78, 5) is 27.3. The van der Waals surface area contributed by atoms with Crippen LogP contribution in [0.4, 0.5) is 5.69 Å². The Bertz CT molecular complexity index is 902. The van der Waals surface area contributed by atoms with Crippen LogP contribution < -0.4 is 20.1 Å². The molecular formula is C22H28N4O4. The van der Waals surface area contributed by atoms with E-state index in [0.29, 0.717) is 23.7 Å². The Morgan fingerprint density at radius 1 is 1.03 bits per heavy atom. The van der Waals surface area contributed by atoms with E-state index in [-0.39, 0.29) is 12.8 Å². The van der Waals surface area contributed by atoms with Crippen LogP contribution in [-0.2, 0) is 16.6 Å². The van der Waals surface area contributed by atoms with Crippen LogP contribution in [-0.4, -0.2) is 47.7 Å². The van der Waals surface area contributed by atoms with Crippen LogP contribution >= 0.6 is 0 Å². The molecule has 2 N–H and O–H groups in total. The molecule has 4 rings (SSSR count). The highest BCUT2D eigenvalue weighted by molar-refractivity contribution is 6.39. The first kappa shape index (κ1) is 20.3. The Labute approximate surface area is 176 Å². The summed E-state index contributed by atoms with van der Waals surface area (Å²) in [6.45, 7) is 2.53. The lowest BCUT2D eigenvalue weighted by Gasteiger charge is -2.31. The van der Waals surface area contributed by atoms with Gasteiger partial charge in [-0.1, -0.05) is 12.8 Å². The monoisotopic (exact) mass is 412 g/mol. The van der Waals surface area contributed by atoms with Crippen LogP contribution in [0.2, 0.25) is 0 Å². The molecule has 1 fully saturated rings. The first-order valence-electron chi connectivity index (χ1n) is 10.5. The van der Waals surface area contributed by atoms with Crippen LogP contribution in [0.15, 0.2) is 36.5 Å². The maximum absolute atomic E-state index is 12.5. The predicted molar refractivity (Wildman–Crippen MR) is 112 cm³/mol. The third-order valence-corrected chi connectivity index (χ3v) is 5.70. The van der Waals surface area contributed by atoms with Gasteiger partial charge in [0.1, 0.15) is 0 Å². The number of hydrogen-bond acceptors (Lipinski definition) is 5. The molecule has 1 atom stereocenters. The number of amides is 2. The van der Waals surface area contributed by atoms with Gasteiger partial charge in [0.05, 0.1) is 6.04 Å². The number of nitrogens with zero attached hydrogens (tertiary/aromatic N) is 2. The molecule has 2 aliphatic heterocycles. The fourth-order valence-corrected chi connectivity index (χ4v) is 4.08. The van der Waals surface area contributed by atoms with Gasteiger partial charge in [0, 0.05) is 37.2 Å². The van der Waals surface area contributed by atoms with E-state index in [1.807, 2.05) is 19.3 Å². The number of ether oxygens (including phenoxy) is 2. The molecule has 2 aliphatic rings. The average molecular weight is 412 g/mol. The number of benzene rings is 1. The molecule has 8 heteroatoms. The molecule has 0 aliphatic carbocycles. The van der Waals surface area contributed by atoms with Crippen molar-refractivity contribution in [2.45, 2.75) is 31.7 Å². The highest BCUT2D eigenvalue weighted by Gasteiger charge is 2.25. The summed E-state index contributed by atoms with van der Waals surface area (Å²) in [5.74, 6) is -0.171. The van der Waals surface area contributed by atoms with Crippen molar-refractivity contribution in [3.8, 4) is 11.5 Å². The average Bonchev–Trinajstić information content (AvgIpc) is 3.29. The van der Waals surface area contributed by atoms with Gasteiger partial charge in [0.25, 0.3) is 0 Å². The molecular weight excluding hydrogens is 384 g/mol. The summed E-state index contributed by atoms with van der Waals surface area (Å²) in [5, 5.41) is 5.45. The van der Waals surface area contributed by atoms with Crippen molar-refractivity contribution in [2.24, 2.45) is 7.05 Å². The van der Waals surface area contributed by atoms with Crippen LogP contribution in [0, 0.1) is 0 Å². The largest absolute Gasteiger partial charge is 0.454 e. The molecule has 0 saturated carbocycles. The van der Waals surface area contributed by atoms with Crippen molar-refractivity contribution in [1.29, 1.82) is 0 Å². The number of fused-ring (bicyclic) bond motifs is 1. The molecule has 1 aromatic heterocycles. The fraction of sp³-hybridized carbons (Fsp3) is 0.455. The number of nitrogens with one attached hydrogen (secondary N) is 2. The number of likely N-dealkylation sites (tertiary alicyclic amines) is 1. The van der Waals surface area contributed by atoms with Crippen molar-refractivity contribution in [3.05, 3.63) is 42.2 Å². The highest BCUT2D eigenvalue weighted by atomic mass is 16.7. The molecule has 0 spiro atoms. The zero-order valence-electron chi connectivity index (χ0n) is 17.2. The Morgan fingerprint density at radius 2 is 1.80 bits per heavy atom. The number of aromatic nitrogens is 1. The number of carbonyl (C=O) groups is 2. The summed E-state index contributed by atoms with van der Waals surface area (Å²) in [7, 11) is 2.01. The first-order chi connectivity index (χ1) is 14.6. The number of carbonyl (C=O) groups excluding carboxylic acids is 2. The molecule has 0 bridgehead atoms. The maximum Gasteiger partial charge on any atom is 0.313 e. The Kier molecular flexibility index (Phi) is 6.23. The lowest BCUT2D eigenvalue weighted by molar-refractivity contribution is -0.136. The Balaban J connectivity index is 1.39.